The number of rotatable bonds is 3. The van der Waals surface area contributed by atoms with Crippen LogP contribution in [-0.4, -0.2) is 37.0 Å². The first-order valence-electron chi connectivity index (χ1n) is 6.24. The highest BCUT2D eigenvalue weighted by atomic mass is 16.1. The Morgan fingerprint density at radius 2 is 1.93 bits per heavy atom. The van der Waals surface area contributed by atoms with E-state index in [4.69, 9.17) is 0 Å². The summed E-state index contributed by atoms with van der Waals surface area (Å²) in [6.07, 6.45) is 7.38. The Labute approximate surface area is 92.2 Å². The highest BCUT2D eigenvalue weighted by Crippen LogP contribution is 2.29. The number of piperidine rings is 1. The molecule has 15 heavy (non-hydrogen) atoms. The zero-order valence-electron chi connectivity index (χ0n) is 9.67. The number of hydrogen-bond acceptors (Lipinski definition) is 2. The molecule has 0 unspecified atom stereocenters. The molecule has 1 N–H and O–H groups in total. The average molecular weight is 210 g/mol. The van der Waals surface area contributed by atoms with Crippen molar-refractivity contribution < 1.29 is 4.79 Å². The normalized spacial score (nSPS) is 24.9. The number of nitrogens with zero attached hydrogens (tertiary/aromatic N) is 1. The molecule has 3 nitrogen and oxygen atoms in total. The first-order chi connectivity index (χ1) is 7.29. The van der Waals surface area contributed by atoms with Gasteiger partial charge in [-0.15, -0.1) is 0 Å². The Balaban J connectivity index is 1.69. The van der Waals surface area contributed by atoms with E-state index in [2.05, 4.69) is 10.2 Å². The van der Waals surface area contributed by atoms with Gasteiger partial charge in [-0.3, -0.25) is 4.79 Å². The molecule has 1 heterocycles. The van der Waals surface area contributed by atoms with E-state index in [1.54, 1.807) is 7.05 Å². The van der Waals surface area contributed by atoms with Crippen LogP contribution in [0.4, 0.5) is 0 Å². The molecular formula is C12H22N2O. The summed E-state index contributed by atoms with van der Waals surface area (Å²) in [4.78, 5) is 13.9. The van der Waals surface area contributed by atoms with Gasteiger partial charge >= 0.3 is 0 Å². The van der Waals surface area contributed by atoms with Gasteiger partial charge in [0.25, 0.3) is 0 Å². The summed E-state index contributed by atoms with van der Waals surface area (Å²) in [7, 11) is 1.73. The van der Waals surface area contributed by atoms with Gasteiger partial charge in [0.2, 0.25) is 5.91 Å². The van der Waals surface area contributed by atoms with Crippen LogP contribution >= 0.6 is 0 Å². The van der Waals surface area contributed by atoms with Gasteiger partial charge in [0.05, 0.1) is 0 Å². The van der Waals surface area contributed by atoms with E-state index in [-0.39, 0.29) is 5.91 Å². The molecule has 0 aromatic carbocycles. The van der Waals surface area contributed by atoms with E-state index in [1.807, 2.05) is 0 Å². The molecule has 3 heteroatoms. The van der Waals surface area contributed by atoms with Crippen molar-refractivity contribution in [3.63, 3.8) is 0 Å². The van der Waals surface area contributed by atoms with Crippen LogP contribution < -0.4 is 5.32 Å². The Bertz CT molecular complexity index is 218. The predicted molar refractivity (Wildman–Crippen MR) is 60.6 cm³/mol. The number of nitrogens with one attached hydrogen (secondary N) is 1. The third-order valence-corrected chi connectivity index (χ3v) is 3.99. The first-order valence-corrected chi connectivity index (χ1v) is 6.24. The van der Waals surface area contributed by atoms with Crippen molar-refractivity contribution in [2.75, 3.05) is 20.1 Å². The summed E-state index contributed by atoms with van der Waals surface area (Å²) in [6, 6.07) is 0.881. The van der Waals surface area contributed by atoms with Crippen LogP contribution in [0.2, 0.25) is 0 Å². The summed E-state index contributed by atoms with van der Waals surface area (Å²) < 4.78 is 0. The predicted octanol–water partition coefficient (Wildman–Crippen LogP) is 1.39. The number of carbonyl (C=O) groups excluding carboxylic acids is 1. The van der Waals surface area contributed by atoms with Crippen molar-refractivity contribution in [3.05, 3.63) is 0 Å². The molecule has 1 aliphatic heterocycles. The van der Waals surface area contributed by atoms with Crippen LogP contribution in [0.15, 0.2) is 0 Å². The number of likely N-dealkylation sites (tertiary alicyclic amines) is 1. The molecule has 2 rings (SSSR count). The monoisotopic (exact) mass is 210 g/mol. The minimum atomic E-state index is 0.206. The zero-order chi connectivity index (χ0) is 10.7. The maximum Gasteiger partial charge on any atom is 0.220 e. The summed E-state index contributed by atoms with van der Waals surface area (Å²) in [5.41, 5.74) is 0. The Morgan fingerprint density at radius 3 is 2.40 bits per heavy atom. The van der Waals surface area contributed by atoms with Crippen molar-refractivity contribution in [1.29, 1.82) is 0 Å². The first kappa shape index (κ1) is 10.9. The molecule has 1 amide bonds. The topological polar surface area (TPSA) is 32.3 Å². The molecule has 0 bridgehead atoms. The largest absolute Gasteiger partial charge is 0.359 e. The summed E-state index contributed by atoms with van der Waals surface area (Å²) in [5.74, 6) is 0.832. The highest BCUT2D eigenvalue weighted by molar-refractivity contribution is 5.75. The maximum absolute atomic E-state index is 11.2. The standard InChI is InChI=1S/C12H22N2O/c1-13-12(15)9-10-5-7-14(8-6-10)11-3-2-4-11/h10-11H,2-9H2,1H3,(H,13,15). The third kappa shape index (κ3) is 2.71. The summed E-state index contributed by atoms with van der Waals surface area (Å²) >= 11 is 0. The minimum absolute atomic E-state index is 0.206. The van der Waals surface area contributed by atoms with E-state index >= 15 is 0 Å². The molecule has 1 saturated heterocycles. The fourth-order valence-electron chi connectivity index (χ4n) is 2.64. The molecule has 2 fully saturated rings. The van der Waals surface area contributed by atoms with Crippen LogP contribution in [-0.2, 0) is 4.79 Å². The Hall–Kier alpha value is -0.570. The lowest BCUT2D eigenvalue weighted by atomic mass is 9.87. The number of amides is 1. The lowest BCUT2D eigenvalue weighted by molar-refractivity contribution is -0.121. The number of carbonyl (C=O) groups is 1. The van der Waals surface area contributed by atoms with Gasteiger partial charge in [0.1, 0.15) is 0 Å². The van der Waals surface area contributed by atoms with Crippen LogP contribution in [0.25, 0.3) is 0 Å². The lowest BCUT2D eigenvalue weighted by Crippen LogP contribution is -2.45. The van der Waals surface area contributed by atoms with Crippen LogP contribution in [0, 0.1) is 5.92 Å². The minimum Gasteiger partial charge on any atom is -0.359 e. The van der Waals surface area contributed by atoms with E-state index in [1.165, 1.54) is 45.2 Å². The van der Waals surface area contributed by atoms with Crippen molar-refractivity contribution in [2.45, 2.75) is 44.6 Å². The maximum atomic E-state index is 11.2. The average Bonchev–Trinajstić information content (AvgIpc) is 2.18. The van der Waals surface area contributed by atoms with Crippen molar-refractivity contribution in [2.24, 2.45) is 5.92 Å². The molecule has 0 aromatic rings. The Morgan fingerprint density at radius 1 is 1.27 bits per heavy atom. The fraction of sp³-hybridized carbons (Fsp3) is 0.917. The van der Waals surface area contributed by atoms with Crippen molar-refractivity contribution in [3.8, 4) is 0 Å². The fourth-order valence-corrected chi connectivity index (χ4v) is 2.64. The molecule has 86 valence electrons. The van der Waals surface area contributed by atoms with Gasteiger partial charge < -0.3 is 10.2 Å². The van der Waals surface area contributed by atoms with Crippen LogP contribution in [0.3, 0.4) is 0 Å². The van der Waals surface area contributed by atoms with Crippen LogP contribution in [0.1, 0.15) is 38.5 Å². The Kier molecular flexibility index (Phi) is 3.62. The number of hydrogen-bond donors (Lipinski definition) is 1. The van der Waals surface area contributed by atoms with Gasteiger partial charge in [-0.25, -0.2) is 0 Å². The molecule has 0 spiro atoms. The second-order valence-electron chi connectivity index (χ2n) is 4.94. The van der Waals surface area contributed by atoms with E-state index < -0.39 is 0 Å². The van der Waals surface area contributed by atoms with Gasteiger partial charge in [0, 0.05) is 19.5 Å². The zero-order valence-corrected chi connectivity index (χ0v) is 9.67. The second-order valence-corrected chi connectivity index (χ2v) is 4.94. The van der Waals surface area contributed by atoms with Gasteiger partial charge in [-0.2, -0.15) is 0 Å². The van der Waals surface area contributed by atoms with Crippen molar-refractivity contribution >= 4 is 5.91 Å². The smallest absolute Gasteiger partial charge is 0.220 e. The van der Waals surface area contributed by atoms with Crippen molar-refractivity contribution in [1.82, 2.24) is 10.2 Å². The molecule has 0 radical (unpaired) electrons. The molecule has 1 aliphatic carbocycles. The SMILES string of the molecule is CNC(=O)CC1CCN(C2CCC2)CC1. The van der Waals surface area contributed by atoms with Gasteiger partial charge in [-0.05, 0) is 44.7 Å². The summed E-state index contributed by atoms with van der Waals surface area (Å²) in [6.45, 7) is 2.43. The van der Waals surface area contributed by atoms with E-state index in [0.717, 1.165) is 12.5 Å². The van der Waals surface area contributed by atoms with Gasteiger partial charge in [0.15, 0.2) is 0 Å². The quantitative estimate of drug-likeness (QED) is 0.763. The summed E-state index contributed by atoms with van der Waals surface area (Å²) in [5, 5.41) is 2.72. The molecular weight excluding hydrogens is 188 g/mol. The van der Waals surface area contributed by atoms with Crippen LogP contribution in [0.5, 0.6) is 0 Å². The third-order valence-electron chi connectivity index (χ3n) is 3.99. The van der Waals surface area contributed by atoms with Gasteiger partial charge in [-0.1, -0.05) is 6.42 Å². The highest BCUT2D eigenvalue weighted by Gasteiger charge is 2.29. The lowest BCUT2D eigenvalue weighted by Gasteiger charge is -2.41. The second kappa shape index (κ2) is 4.97. The molecule has 0 aromatic heterocycles. The van der Waals surface area contributed by atoms with E-state index in [0.29, 0.717) is 5.92 Å². The molecule has 1 saturated carbocycles. The molecule has 0 atom stereocenters. The molecule has 2 aliphatic rings. The van der Waals surface area contributed by atoms with E-state index in [9.17, 15) is 4.79 Å².